The molecule has 18 heavy (non-hydrogen) atoms. The lowest BCUT2D eigenvalue weighted by molar-refractivity contribution is -0.142. The van der Waals surface area contributed by atoms with Crippen molar-refractivity contribution >= 4 is 16.0 Å². The molecule has 8 heteroatoms. The van der Waals surface area contributed by atoms with Gasteiger partial charge in [0.05, 0.1) is 17.8 Å². The minimum absolute atomic E-state index is 0.0300. The lowest BCUT2D eigenvalue weighted by atomic mass is 10.0. The number of carboxylic acids is 1. The summed E-state index contributed by atoms with van der Waals surface area (Å²) in [5.74, 6) is -1.57. The Balaban J connectivity index is 2.26. The zero-order valence-corrected chi connectivity index (χ0v) is 10.8. The highest BCUT2D eigenvalue weighted by molar-refractivity contribution is 7.89. The van der Waals surface area contributed by atoms with Crippen molar-refractivity contribution in [3.05, 3.63) is 11.9 Å². The maximum Gasteiger partial charge on any atom is 0.307 e. The normalized spacial score (nSPS) is 21.9. The number of carbonyl (C=O) groups is 1. The van der Waals surface area contributed by atoms with Crippen LogP contribution in [0.25, 0.3) is 0 Å². The van der Waals surface area contributed by atoms with E-state index < -0.39 is 21.9 Å². The van der Waals surface area contributed by atoms with E-state index >= 15 is 0 Å². The van der Waals surface area contributed by atoms with Crippen molar-refractivity contribution in [1.29, 1.82) is 0 Å². The predicted molar refractivity (Wildman–Crippen MR) is 62.4 cm³/mol. The van der Waals surface area contributed by atoms with E-state index in [2.05, 4.69) is 10.2 Å². The third-order valence-corrected chi connectivity index (χ3v) is 5.11. The van der Waals surface area contributed by atoms with Gasteiger partial charge in [-0.25, -0.2) is 8.42 Å². The van der Waals surface area contributed by atoms with Gasteiger partial charge >= 0.3 is 5.97 Å². The molecular formula is C10H15N3O4S. The summed E-state index contributed by atoms with van der Waals surface area (Å²) in [6.07, 6.45) is 2.34. The highest BCUT2D eigenvalue weighted by Crippen LogP contribution is 2.24. The van der Waals surface area contributed by atoms with E-state index in [4.69, 9.17) is 5.11 Å². The number of carboxylic acid groups (broad SMARTS) is 1. The summed E-state index contributed by atoms with van der Waals surface area (Å²) in [7, 11) is -3.64. The summed E-state index contributed by atoms with van der Waals surface area (Å²) in [6, 6.07) is 0. The van der Waals surface area contributed by atoms with E-state index in [1.807, 2.05) is 0 Å². The number of nitrogens with one attached hydrogen (secondary N) is 1. The molecule has 1 aliphatic rings. The molecule has 0 radical (unpaired) electrons. The van der Waals surface area contributed by atoms with Crippen LogP contribution in [0.15, 0.2) is 11.1 Å². The van der Waals surface area contributed by atoms with Crippen molar-refractivity contribution in [2.45, 2.75) is 24.7 Å². The van der Waals surface area contributed by atoms with Crippen LogP contribution in [0.4, 0.5) is 0 Å². The van der Waals surface area contributed by atoms with Crippen molar-refractivity contribution in [3.63, 3.8) is 0 Å². The summed E-state index contributed by atoms with van der Waals surface area (Å²) in [4.78, 5) is 11.1. The maximum atomic E-state index is 12.3. The number of aromatic nitrogens is 2. The number of nitrogens with zero attached hydrogens (tertiary/aromatic N) is 2. The molecule has 0 saturated carbocycles. The van der Waals surface area contributed by atoms with Gasteiger partial charge in [-0.3, -0.25) is 9.89 Å². The highest BCUT2D eigenvalue weighted by Gasteiger charge is 2.34. The van der Waals surface area contributed by atoms with Crippen LogP contribution in [0.3, 0.4) is 0 Å². The summed E-state index contributed by atoms with van der Waals surface area (Å²) < 4.78 is 25.8. The Kier molecular flexibility index (Phi) is 3.40. The number of sulfonamides is 1. The van der Waals surface area contributed by atoms with Crippen molar-refractivity contribution in [1.82, 2.24) is 14.5 Å². The first-order chi connectivity index (χ1) is 8.43. The fourth-order valence-electron chi connectivity index (χ4n) is 2.10. The fourth-order valence-corrected chi connectivity index (χ4v) is 3.74. The standard InChI is InChI=1S/C10H15N3O4S/c1-7-9(5-11-12-7)18(16,17)13-4-2-3-8(6-13)10(14)15/h5,8H,2-4,6H2,1H3,(H,11,12)(H,14,15)/t8-/m0/s1. The van der Waals surface area contributed by atoms with Gasteiger partial charge in [-0.2, -0.15) is 9.40 Å². The summed E-state index contributed by atoms with van der Waals surface area (Å²) >= 11 is 0. The fraction of sp³-hybridized carbons (Fsp3) is 0.600. The molecule has 2 N–H and O–H groups in total. The van der Waals surface area contributed by atoms with Crippen LogP contribution in [-0.4, -0.2) is 47.1 Å². The topological polar surface area (TPSA) is 103 Å². The van der Waals surface area contributed by atoms with Crippen LogP contribution in [0, 0.1) is 12.8 Å². The molecule has 1 aromatic heterocycles. The van der Waals surface area contributed by atoms with Crippen molar-refractivity contribution < 1.29 is 18.3 Å². The smallest absolute Gasteiger partial charge is 0.307 e. The molecule has 7 nitrogen and oxygen atoms in total. The van der Waals surface area contributed by atoms with Crippen molar-refractivity contribution in [3.8, 4) is 0 Å². The second-order valence-corrected chi connectivity index (χ2v) is 6.31. The Morgan fingerprint density at radius 1 is 1.61 bits per heavy atom. The van der Waals surface area contributed by atoms with E-state index in [1.165, 1.54) is 10.5 Å². The van der Waals surface area contributed by atoms with Gasteiger partial charge in [0.25, 0.3) is 0 Å². The van der Waals surface area contributed by atoms with Crippen LogP contribution in [-0.2, 0) is 14.8 Å². The van der Waals surface area contributed by atoms with Crippen LogP contribution in [0.2, 0.25) is 0 Å². The molecular weight excluding hydrogens is 258 g/mol. The minimum Gasteiger partial charge on any atom is -0.481 e. The van der Waals surface area contributed by atoms with Gasteiger partial charge in [0, 0.05) is 13.1 Å². The zero-order chi connectivity index (χ0) is 13.3. The van der Waals surface area contributed by atoms with Crippen LogP contribution >= 0.6 is 0 Å². The molecule has 0 aromatic carbocycles. The van der Waals surface area contributed by atoms with E-state index in [9.17, 15) is 13.2 Å². The molecule has 0 aliphatic carbocycles. The van der Waals surface area contributed by atoms with E-state index in [1.54, 1.807) is 6.92 Å². The van der Waals surface area contributed by atoms with Gasteiger partial charge in [0.1, 0.15) is 4.90 Å². The number of hydrogen-bond acceptors (Lipinski definition) is 4. The molecule has 1 aliphatic heterocycles. The first-order valence-corrected chi connectivity index (χ1v) is 7.10. The number of H-pyrrole nitrogens is 1. The number of piperidine rings is 1. The highest BCUT2D eigenvalue weighted by atomic mass is 32.2. The molecule has 1 atom stereocenters. The lowest BCUT2D eigenvalue weighted by Crippen LogP contribution is -2.42. The molecule has 2 heterocycles. The number of aromatic amines is 1. The van der Waals surface area contributed by atoms with Gasteiger partial charge in [-0.15, -0.1) is 0 Å². The monoisotopic (exact) mass is 273 g/mol. The van der Waals surface area contributed by atoms with Crippen LogP contribution < -0.4 is 0 Å². The average Bonchev–Trinajstić information content (AvgIpc) is 2.76. The second-order valence-electron chi connectivity index (χ2n) is 4.40. The Labute approximate surface area is 105 Å². The van der Waals surface area contributed by atoms with Gasteiger partial charge in [-0.05, 0) is 19.8 Å². The Bertz CT molecular complexity index is 551. The summed E-state index contributed by atoms with van der Waals surface area (Å²) in [5, 5.41) is 15.2. The first-order valence-electron chi connectivity index (χ1n) is 5.66. The van der Waals surface area contributed by atoms with Crippen LogP contribution in [0.1, 0.15) is 18.5 Å². The summed E-state index contributed by atoms with van der Waals surface area (Å²) in [5.41, 5.74) is 0.465. The van der Waals surface area contributed by atoms with Gasteiger partial charge in [0.2, 0.25) is 10.0 Å². The Hall–Kier alpha value is -1.41. The largest absolute Gasteiger partial charge is 0.481 e. The number of aryl methyl sites for hydroxylation is 1. The minimum atomic E-state index is -3.64. The molecule has 1 fully saturated rings. The summed E-state index contributed by atoms with van der Waals surface area (Å²) in [6.45, 7) is 2.01. The molecule has 0 spiro atoms. The third kappa shape index (κ3) is 2.25. The average molecular weight is 273 g/mol. The molecule has 2 rings (SSSR count). The molecule has 100 valence electrons. The molecule has 0 unspecified atom stereocenters. The molecule has 0 amide bonds. The quantitative estimate of drug-likeness (QED) is 0.819. The second kappa shape index (κ2) is 4.69. The molecule has 0 bridgehead atoms. The lowest BCUT2D eigenvalue weighted by Gasteiger charge is -2.29. The number of aliphatic carboxylic acids is 1. The molecule has 1 aromatic rings. The van der Waals surface area contributed by atoms with Gasteiger partial charge < -0.3 is 5.11 Å². The van der Waals surface area contributed by atoms with E-state index in [0.29, 0.717) is 25.1 Å². The van der Waals surface area contributed by atoms with Crippen LogP contribution in [0.5, 0.6) is 0 Å². The SMILES string of the molecule is Cc1[nH]ncc1S(=O)(=O)N1CCC[C@H](C(=O)O)C1. The van der Waals surface area contributed by atoms with Crippen molar-refractivity contribution in [2.75, 3.05) is 13.1 Å². The zero-order valence-electron chi connectivity index (χ0n) is 9.96. The maximum absolute atomic E-state index is 12.3. The van der Waals surface area contributed by atoms with E-state index in [-0.39, 0.29) is 11.4 Å². The Morgan fingerprint density at radius 3 is 2.89 bits per heavy atom. The number of hydrogen-bond donors (Lipinski definition) is 2. The Morgan fingerprint density at radius 2 is 2.33 bits per heavy atom. The van der Waals surface area contributed by atoms with E-state index in [0.717, 1.165) is 0 Å². The van der Waals surface area contributed by atoms with Crippen molar-refractivity contribution in [2.24, 2.45) is 5.92 Å². The predicted octanol–water partition coefficient (Wildman–Crippen LogP) is 0.203. The number of rotatable bonds is 3. The third-order valence-electron chi connectivity index (χ3n) is 3.13. The van der Waals surface area contributed by atoms with Gasteiger partial charge in [0.15, 0.2) is 0 Å². The molecule has 1 saturated heterocycles. The van der Waals surface area contributed by atoms with Gasteiger partial charge in [-0.1, -0.05) is 0 Å². The first kappa shape index (κ1) is 13.0.